The predicted molar refractivity (Wildman–Crippen MR) is 74.8 cm³/mol. The van der Waals surface area contributed by atoms with Crippen LogP contribution in [-0.4, -0.2) is 41.7 Å². The highest BCUT2D eigenvalue weighted by molar-refractivity contribution is 5.73. The van der Waals surface area contributed by atoms with Crippen molar-refractivity contribution in [1.29, 1.82) is 0 Å². The molecule has 2 aliphatic heterocycles. The minimum atomic E-state index is 0.161. The molecule has 1 unspecified atom stereocenters. The van der Waals surface area contributed by atoms with Gasteiger partial charge in [-0.1, -0.05) is 0 Å². The zero-order valence-electron chi connectivity index (χ0n) is 11.6. The molecule has 0 aromatic heterocycles. The summed E-state index contributed by atoms with van der Waals surface area (Å²) in [5.74, 6) is 1.16. The Balaban J connectivity index is 1.60. The monoisotopic (exact) mass is 276 g/mol. The lowest BCUT2D eigenvalue weighted by Crippen LogP contribution is -2.45. The highest BCUT2D eigenvalue weighted by atomic mass is 16.5. The molecular weight excluding hydrogens is 256 g/mol. The van der Waals surface area contributed by atoms with E-state index >= 15 is 0 Å². The van der Waals surface area contributed by atoms with Gasteiger partial charge in [0.05, 0.1) is 6.04 Å². The number of benzene rings is 1. The van der Waals surface area contributed by atoms with Crippen molar-refractivity contribution in [1.82, 2.24) is 10.2 Å². The van der Waals surface area contributed by atoms with Crippen LogP contribution in [0.5, 0.6) is 11.5 Å². The standard InChI is InChI=1S/C15H20N2O3/c1-10(18)17-6-4-11(5-7-17)16-14-9-20-15-8-12(19)2-3-13(14)15/h2-3,8,11,14,16,19H,4-7,9H2,1H3. The normalized spacial score (nSPS) is 22.4. The van der Waals surface area contributed by atoms with Gasteiger partial charge >= 0.3 is 0 Å². The Morgan fingerprint density at radius 3 is 2.85 bits per heavy atom. The maximum atomic E-state index is 11.3. The summed E-state index contributed by atoms with van der Waals surface area (Å²) >= 11 is 0. The molecule has 0 spiro atoms. The maximum Gasteiger partial charge on any atom is 0.219 e. The fourth-order valence-electron chi connectivity index (χ4n) is 2.98. The van der Waals surface area contributed by atoms with Crippen LogP contribution in [0.1, 0.15) is 31.4 Å². The zero-order chi connectivity index (χ0) is 14.1. The van der Waals surface area contributed by atoms with E-state index in [1.807, 2.05) is 11.0 Å². The fraction of sp³-hybridized carbons (Fsp3) is 0.533. The van der Waals surface area contributed by atoms with Gasteiger partial charge in [0.2, 0.25) is 5.91 Å². The molecule has 0 radical (unpaired) electrons. The van der Waals surface area contributed by atoms with E-state index in [1.165, 1.54) is 0 Å². The highest BCUT2D eigenvalue weighted by Crippen LogP contribution is 2.35. The average molecular weight is 276 g/mol. The number of carbonyl (C=O) groups excluding carboxylic acids is 1. The third kappa shape index (κ3) is 2.58. The first-order valence-electron chi connectivity index (χ1n) is 7.11. The van der Waals surface area contributed by atoms with Gasteiger partial charge in [-0.05, 0) is 25.0 Å². The number of phenols is 1. The molecule has 0 bridgehead atoms. The van der Waals surface area contributed by atoms with Gasteiger partial charge in [-0.3, -0.25) is 4.79 Å². The Hall–Kier alpha value is -1.75. The van der Waals surface area contributed by atoms with Crippen molar-refractivity contribution >= 4 is 5.91 Å². The van der Waals surface area contributed by atoms with Gasteiger partial charge < -0.3 is 20.1 Å². The smallest absolute Gasteiger partial charge is 0.219 e. The molecule has 3 rings (SSSR count). The van der Waals surface area contributed by atoms with E-state index in [-0.39, 0.29) is 17.7 Å². The lowest BCUT2D eigenvalue weighted by Gasteiger charge is -2.33. The molecule has 2 N–H and O–H groups in total. The molecule has 1 saturated heterocycles. The Morgan fingerprint density at radius 1 is 1.40 bits per heavy atom. The SMILES string of the molecule is CC(=O)N1CCC(NC2COc3cc(O)ccc32)CC1. The lowest BCUT2D eigenvalue weighted by atomic mass is 10.0. The van der Waals surface area contributed by atoms with Crippen molar-refractivity contribution in [2.24, 2.45) is 0 Å². The average Bonchev–Trinajstić information content (AvgIpc) is 2.81. The van der Waals surface area contributed by atoms with Crippen LogP contribution in [-0.2, 0) is 4.79 Å². The van der Waals surface area contributed by atoms with E-state index in [4.69, 9.17) is 4.74 Å². The first-order chi connectivity index (χ1) is 9.63. The first-order valence-corrected chi connectivity index (χ1v) is 7.11. The minimum Gasteiger partial charge on any atom is -0.508 e. The van der Waals surface area contributed by atoms with Crippen molar-refractivity contribution in [2.75, 3.05) is 19.7 Å². The van der Waals surface area contributed by atoms with Crippen molar-refractivity contribution in [3.8, 4) is 11.5 Å². The molecule has 1 fully saturated rings. The number of fused-ring (bicyclic) bond motifs is 1. The van der Waals surface area contributed by atoms with Crippen LogP contribution < -0.4 is 10.1 Å². The largest absolute Gasteiger partial charge is 0.508 e. The summed E-state index contributed by atoms with van der Waals surface area (Å²) in [5, 5.41) is 13.1. The number of hydrogen-bond acceptors (Lipinski definition) is 4. The number of nitrogens with one attached hydrogen (secondary N) is 1. The van der Waals surface area contributed by atoms with E-state index < -0.39 is 0 Å². The van der Waals surface area contributed by atoms with Crippen molar-refractivity contribution in [3.63, 3.8) is 0 Å². The predicted octanol–water partition coefficient (Wildman–Crippen LogP) is 1.43. The van der Waals surface area contributed by atoms with Crippen LogP contribution in [0.2, 0.25) is 0 Å². The summed E-state index contributed by atoms with van der Waals surface area (Å²) in [4.78, 5) is 13.2. The second-order valence-electron chi connectivity index (χ2n) is 5.53. The van der Waals surface area contributed by atoms with E-state index in [2.05, 4.69) is 5.32 Å². The van der Waals surface area contributed by atoms with Crippen LogP contribution in [0.15, 0.2) is 18.2 Å². The van der Waals surface area contributed by atoms with Gasteiger partial charge in [-0.25, -0.2) is 0 Å². The van der Waals surface area contributed by atoms with E-state index in [1.54, 1.807) is 19.1 Å². The molecule has 0 aliphatic carbocycles. The summed E-state index contributed by atoms with van der Waals surface area (Å²) in [6, 6.07) is 5.87. The third-order valence-electron chi connectivity index (χ3n) is 4.16. The maximum absolute atomic E-state index is 11.3. The van der Waals surface area contributed by atoms with Crippen LogP contribution in [0.25, 0.3) is 0 Å². The van der Waals surface area contributed by atoms with Crippen LogP contribution in [0.3, 0.4) is 0 Å². The molecule has 20 heavy (non-hydrogen) atoms. The van der Waals surface area contributed by atoms with Gasteiger partial charge in [-0.15, -0.1) is 0 Å². The van der Waals surface area contributed by atoms with Gasteiger partial charge in [0, 0.05) is 37.7 Å². The summed E-state index contributed by atoms with van der Waals surface area (Å²) < 4.78 is 5.61. The Labute approximate surface area is 118 Å². The molecule has 5 nitrogen and oxygen atoms in total. The molecule has 5 heteroatoms. The number of nitrogens with zero attached hydrogens (tertiary/aromatic N) is 1. The number of aromatic hydroxyl groups is 1. The minimum absolute atomic E-state index is 0.161. The molecule has 1 aromatic rings. The summed E-state index contributed by atoms with van der Waals surface area (Å²) in [6.07, 6.45) is 1.95. The Kier molecular flexibility index (Phi) is 3.53. The van der Waals surface area contributed by atoms with Gasteiger partial charge in [0.25, 0.3) is 0 Å². The first kappa shape index (κ1) is 13.2. The summed E-state index contributed by atoms with van der Waals surface area (Å²) in [6.45, 7) is 3.87. The Bertz CT molecular complexity index is 510. The van der Waals surface area contributed by atoms with Gasteiger partial charge in [0.1, 0.15) is 18.1 Å². The number of hydrogen-bond donors (Lipinski definition) is 2. The summed E-state index contributed by atoms with van der Waals surface area (Å²) in [7, 11) is 0. The fourth-order valence-corrected chi connectivity index (χ4v) is 2.98. The molecule has 2 heterocycles. The second kappa shape index (κ2) is 5.32. The van der Waals surface area contributed by atoms with E-state index in [9.17, 15) is 9.90 Å². The number of amides is 1. The van der Waals surface area contributed by atoms with Crippen LogP contribution in [0.4, 0.5) is 0 Å². The van der Waals surface area contributed by atoms with Gasteiger partial charge in [0.15, 0.2) is 0 Å². The molecule has 1 aromatic carbocycles. The van der Waals surface area contributed by atoms with Crippen molar-refractivity contribution < 1.29 is 14.6 Å². The topological polar surface area (TPSA) is 61.8 Å². The number of rotatable bonds is 2. The van der Waals surface area contributed by atoms with Crippen LogP contribution in [0, 0.1) is 0 Å². The zero-order valence-corrected chi connectivity index (χ0v) is 11.6. The number of likely N-dealkylation sites (tertiary alicyclic amines) is 1. The van der Waals surface area contributed by atoms with Crippen molar-refractivity contribution in [2.45, 2.75) is 31.8 Å². The number of carbonyl (C=O) groups is 1. The molecule has 1 amide bonds. The third-order valence-corrected chi connectivity index (χ3v) is 4.16. The van der Waals surface area contributed by atoms with Crippen molar-refractivity contribution in [3.05, 3.63) is 23.8 Å². The number of ether oxygens (including phenoxy) is 1. The lowest BCUT2D eigenvalue weighted by molar-refractivity contribution is -0.129. The van der Waals surface area contributed by atoms with Gasteiger partial charge in [-0.2, -0.15) is 0 Å². The highest BCUT2D eigenvalue weighted by Gasteiger charge is 2.28. The second-order valence-corrected chi connectivity index (χ2v) is 5.53. The van der Waals surface area contributed by atoms with E-state index in [0.717, 1.165) is 37.2 Å². The van der Waals surface area contributed by atoms with E-state index in [0.29, 0.717) is 12.6 Å². The van der Waals surface area contributed by atoms with Crippen LogP contribution >= 0.6 is 0 Å². The number of phenolic OH excluding ortho intramolecular Hbond substituents is 1. The molecular formula is C15H20N2O3. The molecule has 108 valence electrons. The molecule has 2 aliphatic rings. The summed E-state index contributed by atoms with van der Waals surface area (Å²) in [5.41, 5.74) is 1.11. The molecule has 1 atom stereocenters. The molecule has 0 saturated carbocycles. The quantitative estimate of drug-likeness (QED) is 0.857. The number of piperidine rings is 1. The Morgan fingerprint density at radius 2 is 2.15 bits per heavy atom.